The molecule has 0 heterocycles. The number of hydrogen-bond donors (Lipinski definition) is 3. The Hall–Kier alpha value is -0.160. The lowest BCUT2D eigenvalue weighted by Gasteiger charge is -2.22. The summed E-state index contributed by atoms with van der Waals surface area (Å²) in [6.07, 6.45) is 10.3. The summed E-state index contributed by atoms with van der Waals surface area (Å²) in [7, 11) is 0. The van der Waals surface area contributed by atoms with Crippen LogP contribution in [0.2, 0.25) is 0 Å². The van der Waals surface area contributed by atoms with E-state index >= 15 is 0 Å². The van der Waals surface area contributed by atoms with E-state index in [1.54, 1.807) is 0 Å². The predicted octanol–water partition coefficient (Wildman–Crippen LogP) is 1.94. The van der Waals surface area contributed by atoms with Gasteiger partial charge in [0.25, 0.3) is 0 Å². The zero-order chi connectivity index (χ0) is 14.9. The Morgan fingerprint density at radius 1 is 0.700 bits per heavy atom. The second kappa shape index (κ2) is 16.9. The summed E-state index contributed by atoms with van der Waals surface area (Å²) in [5.41, 5.74) is 11.1. The van der Waals surface area contributed by atoms with Crippen molar-refractivity contribution >= 4 is 0 Å². The third kappa shape index (κ3) is 14.3. The van der Waals surface area contributed by atoms with Gasteiger partial charge in [-0.05, 0) is 71.5 Å². The molecule has 5 N–H and O–H groups in total. The molecular formula is C16H38N4. The second-order valence-corrected chi connectivity index (χ2v) is 5.60. The molecule has 0 radical (unpaired) electrons. The zero-order valence-electron chi connectivity index (χ0n) is 13.7. The van der Waals surface area contributed by atoms with E-state index in [4.69, 9.17) is 11.5 Å². The van der Waals surface area contributed by atoms with Crippen LogP contribution in [0.4, 0.5) is 0 Å². The van der Waals surface area contributed by atoms with Gasteiger partial charge in [0.05, 0.1) is 0 Å². The average molecular weight is 287 g/mol. The summed E-state index contributed by atoms with van der Waals surface area (Å²) < 4.78 is 0. The maximum atomic E-state index is 5.63. The Bertz CT molecular complexity index is 176. The quantitative estimate of drug-likeness (QED) is 0.379. The molecule has 0 fully saturated rings. The van der Waals surface area contributed by atoms with Crippen LogP contribution < -0.4 is 16.8 Å². The summed E-state index contributed by atoms with van der Waals surface area (Å²) in [5, 5.41) is 3.39. The molecule has 0 bridgehead atoms. The molecule has 0 rings (SSSR count). The molecule has 0 saturated heterocycles. The molecule has 0 aromatic carbocycles. The van der Waals surface area contributed by atoms with Gasteiger partial charge in [-0.1, -0.05) is 32.6 Å². The van der Waals surface area contributed by atoms with Crippen molar-refractivity contribution in [1.82, 2.24) is 10.2 Å². The van der Waals surface area contributed by atoms with Gasteiger partial charge >= 0.3 is 0 Å². The summed E-state index contributed by atoms with van der Waals surface area (Å²) in [5.74, 6) is 0. The third-order valence-electron chi connectivity index (χ3n) is 3.68. The lowest BCUT2D eigenvalue weighted by molar-refractivity contribution is 0.261. The van der Waals surface area contributed by atoms with Crippen LogP contribution in [0, 0.1) is 0 Å². The average Bonchev–Trinajstić information content (AvgIpc) is 2.47. The van der Waals surface area contributed by atoms with Gasteiger partial charge in [-0.2, -0.15) is 0 Å². The molecule has 0 amide bonds. The third-order valence-corrected chi connectivity index (χ3v) is 3.68. The number of hydrogen-bond acceptors (Lipinski definition) is 4. The second-order valence-electron chi connectivity index (χ2n) is 5.60. The number of nitrogens with one attached hydrogen (secondary N) is 1. The van der Waals surface area contributed by atoms with E-state index in [-0.39, 0.29) is 0 Å². The van der Waals surface area contributed by atoms with Crippen LogP contribution in [0.25, 0.3) is 0 Å². The molecule has 0 saturated carbocycles. The Labute approximate surface area is 126 Å². The van der Waals surface area contributed by atoms with E-state index < -0.39 is 0 Å². The van der Waals surface area contributed by atoms with Crippen LogP contribution in [-0.4, -0.2) is 50.7 Å². The summed E-state index contributed by atoms with van der Waals surface area (Å²) >= 11 is 0. The minimum absolute atomic E-state index is 0.808. The first-order valence-corrected chi connectivity index (χ1v) is 8.68. The molecule has 0 aliphatic rings. The molecule has 0 atom stereocenters. The molecule has 4 heteroatoms. The largest absolute Gasteiger partial charge is 0.330 e. The first kappa shape index (κ1) is 19.8. The maximum absolute atomic E-state index is 5.63. The number of unbranched alkanes of at least 4 members (excludes halogenated alkanes) is 5. The van der Waals surface area contributed by atoms with Gasteiger partial charge in [-0.15, -0.1) is 0 Å². The minimum Gasteiger partial charge on any atom is -0.330 e. The molecule has 0 unspecified atom stereocenters. The van der Waals surface area contributed by atoms with Crippen LogP contribution in [0.3, 0.4) is 0 Å². The van der Waals surface area contributed by atoms with Crippen molar-refractivity contribution in [3.05, 3.63) is 0 Å². The molecule has 0 aliphatic heterocycles. The van der Waals surface area contributed by atoms with Crippen LogP contribution >= 0.6 is 0 Å². The van der Waals surface area contributed by atoms with Gasteiger partial charge in [-0.3, -0.25) is 0 Å². The molecule has 0 spiro atoms. The molecule has 0 aromatic rings. The van der Waals surface area contributed by atoms with Gasteiger partial charge in [0.2, 0.25) is 0 Å². The molecule has 0 aromatic heterocycles. The zero-order valence-corrected chi connectivity index (χ0v) is 13.7. The molecule has 122 valence electrons. The highest BCUT2D eigenvalue weighted by Crippen LogP contribution is 2.06. The van der Waals surface area contributed by atoms with E-state index in [9.17, 15) is 0 Å². The highest BCUT2D eigenvalue weighted by molar-refractivity contribution is 4.60. The molecular weight excluding hydrogens is 248 g/mol. The fourth-order valence-corrected chi connectivity index (χ4v) is 2.44. The van der Waals surface area contributed by atoms with Crippen LogP contribution in [0.1, 0.15) is 58.3 Å². The number of rotatable bonds is 16. The number of nitrogens with two attached hydrogens (primary N) is 2. The molecule has 4 nitrogen and oxygen atoms in total. The first-order valence-electron chi connectivity index (χ1n) is 8.68. The van der Waals surface area contributed by atoms with Gasteiger partial charge in [-0.25, -0.2) is 0 Å². The van der Waals surface area contributed by atoms with E-state index in [2.05, 4.69) is 17.1 Å². The normalized spacial score (nSPS) is 11.4. The van der Waals surface area contributed by atoms with Crippen LogP contribution in [0.5, 0.6) is 0 Å². The van der Waals surface area contributed by atoms with Crippen molar-refractivity contribution in [1.29, 1.82) is 0 Å². The van der Waals surface area contributed by atoms with Gasteiger partial charge < -0.3 is 21.7 Å². The highest BCUT2D eigenvalue weighted by Gasteiger charge is 2.03. The fraction of sp³-hybridized carbons (Fsp3) is 1.00. The topological polar surface area (TPSA) is 67.3 Å². The highest BCUT2D eigenvalue weighted by atomic mass is 15.1. The van der Waals surface area contributed by atoms with Crippen LogP contribution in [-0.2, 0) is 0 Å². The maximum Gasteiger partial charge on any atom is -0.000663 e. The van der Waals surface area contributed by atoms with Crippen molar-refractivity contribution in [2.75, 3.05) is 45.8 Å². The van der Waals surface area contributed by atoms with Crippen molar-refractivity contribution in [2.45, 2.75) is 58.3 Å². The van der Waals surface area contributed by atoms with Crippen molar-refractivity contribution in [3.63, 3.8) is 0 Å². The fourth-order valence-electron chi connectivity index (χ4n) is 2.44. The predicted molar refractivity (Wildman–Crippen MR) is 90.0 cm³/mol. The summed E-state index contributed by atoms with van der Waals surface area (Å²) in [4.78, 5) is 2.59. The Kier molecular flexibility index (Phi) is 16.8. The van der Waals surface area contributed by atoms with Crippen molar-refractivity contribution < 1.29 is 0 Å². The van der Waals surface area contributed by atoms with Crippen LogP contribution in [0.15, 0.2) is 0 Å². The summed E-state index contributed by atoms with van der Waals surface area (Å²) in [6, 6.07) is 0. The minimum atomic E-state index is 0.808. The van der Waals surface area contributed by atoms with E-state index in [0.29, 0.717) is 0 Å². The van der Waals surface area contributed by atoms with E-state index in [1.807, 2.05) is 0 Å². The SMILES string of the molecule is CCNCCCN(CCCN)CCCCCCCCN. The Morgan fingerprint density at radius 3 is 1.90 bits per heavy atom. The van der Waals surface area contributed by atoms with E-state index in [0.717, 1.165) is 39.1 Å². The first-order chi connectivity index (χ1) is 9.85. The lowest BCUT2D eigenvalue weighted by Crippen LogP contribution is -2.30. The monoisotopic (exact) mass is 286 g/mol. The Morgan fingerprint density at radius 2 is 1.25 bits per heavy atom. The van der Waals surface area contributed by atoms with Gasteiger partial charge in [0, 0.05) is 0 Å². The van der Waals surface area contributed by atoms with E-state index in [1.165, 1.54) is 58.0 Å². The lowest BCUT2D eigenvalue weighted by atomic mass is 10.1. The van der Waals surface area contributed by atoms with Crippen molar-refractivity contribution in [2.24, 2.45) is 11.5 Å². The summed E-state index contributed by atoms with van der Waals surface area (Å²) in [6.45, 7) is 9.64. The standard InChI is InChI=1S/C16H38N4/c1-2-19-13-10-16-20(15-9-12-18)14-8-6-4-3-5-7-11-17/h19H,2-18H2,1H3. The Balaban J connectivity index is 3.53. The molecule has 20 heavy (non-hydrogen) atoms. The smallest absolute Gasteiger partial charge is 0.000663 e. The van der Waals surface area contributed by atoms with Crippen molar-refractivity contribution in [3.8, 4) is 0 Å². The number of nitrogens with zero attached hydrogens (tertiary/aromatic N) is 1. The van der Waals surface area contributed by atoms with Gasteiger partial charge in [0.1, 0.15) is 0 Å². The van der Waals surface area contributed by atoms with Gasteiger partial charge in [0.15, 0.2) is 0 Å². The molecule has 0 aliphatic carbocycles.